The zero-order valence-electron chi connectivity index (χ0n) is 17.9. The summed E-state index contributed by atoms with van der Waals surface area (Å²) in [7, 11) is -3.23. The molecule has 1 aromatic rings. The van der Waals surface area contributed by atoms with Crippen LogP contribution in [0.25, 0.3) is 0 Å². The molecule has 4 rings (SSSR count). The second-order valence-electron chi connectivity index (χ2n) is 9.02. The Bertz CT molecular complexity index is 890. The van der Waals surface area contributed by atoms with Gasteiger partial charge in [-0.15, -0.1) is 0 Å². The lowest BCUT2D eigenvalue weighted by Crippen LogP contribution is -2.63. The number of nitrogens with one attached hydrogen (secondary N) is 1. The molecule has 1 aromatic heterocycles. The van der Waals surface area contributed by atoms with Gasteiger partial charge in [-0.05, 0) is 64.9 Å². The van der Waals surface area contributed by atoms with E-state index in [1.165, 1.54) is 5.56 Å². The number of rotatable bonds is 6. The number of fused-ring (bicyclic) bond motifs is 1. The van der Waals surface area contributed by atoms with Crippen LogP contribution in [0.15, 0.2) is 0 Å². The highest BCUT2D eigenvalue weighted by molar-refractivity contribution is 7.89. The smallest absolute Gasteiger partial charge is 0.227 e. The van der Waals surface area contributed by atoms with Gasteiger partial charge in [-0.2, -0.15) is 9.40 Å². The minimum absolute atomic E-state index is 0.0564. The SMILES string of the molecule is CCn1nc(C)c(CCNC(=O)[C@@]23CCCC[C@H]2N(C2CC2)S(=O)(=O)CC3)c1C. The molecule has 0 spiro atoms. The van der Waals surface area contributed by atoms with Crippen molar-refractivity contribution in [2.24, 2.45) is 5.41 Å². The minimum Gasteiger partial charge on any atom is -0.355 e. The van der Waals surface area contributed by atoms with Gasteiger partial charge in [0.1, 0.15) is 0 Å². The fourth-order valence-corrected chi connectivity index (χ4v) is 7.76. The lowest BCUT2D eigenvalue weighted by molar-refractivity contribution is -0.137. The van der Waals surface area contributed by atoms with Gasteiger partial charge in [0.2, 0.25) is 15.9 Å². The number of sulfonamides is 1. The van der Waals surface area contributed by atoms with E-state index >= 15 is 0 Å². The molecule has 0 bridgehead atoms. The summed E-state index contributed by atoms with van der Waals surface area (Å²) in [5.41, 5.74) is 2.84. The minimum atomic E-state index is -3.23. The summed E-state index contributed by atoms with van der Waals surface area (Å²) < 4.78 is 29.3. The van der Waals surface area contributed by atoms with E-state index in [9.17, 15) is 13.2 Å². The van der Waals surface area contributed by atoms with Crippen molar-refractivity contribution < 1.29 is 13.2 Å². The fraction of sp³-hybridized carbons (Fsp3) is 0.810. The second kappa shape index (κ2) is 7.69. The Hall–Kier alpha value is -1.41. The van der Waals surface area contributed by atoms with Crippen LogP contribution in [-0.2, 0) is 27.8 Å². The fourth-order valence-electron chi connectivity index (χ4n) is 5.56. The monoisotopic (exact) mass is 422 g/mol. The molecule has 162 valence electrons. The van der Waals surface area contributed by atoms with Crippen LogP contribution in [0.3, 0.4) is 0 Å². The highest BCUT2D eigenvalue weighted by atomic mass is 32.2. The van der Waals surface area contributed by atoms with Gasteiger partial charge in [-0.3, -0.25) is 9.48 Å². The number of aromatic nitrogens is 2. The summed E-state index contributed by atoms with van der Waals surface area (Å²) in [5, 5.41) is 7.75. The molecule has 0 unspecified atom stereocenters. The van der Waals surface area contributed by atoms with Gasteiger partial charge in [0.25, 0.3) is 0 Å². The molecule has 2 saturated carbocycles. The van der Waals surface area contributed by atoms with Gasteiger partial charge in [0.05, 0.1) is 16.9 Å². The first kappa shape index (κ1) is 20.8. The van der Waals surface area contributed by atoms with E-state index in [1.54, 1.807) is 4.31 Å². The number of aryl methyl sites for hydroxylation is 2. The van der Waals surface area contributed by atoms with Gasteiger partial charge < -0.3 is 5.32 Å². The molecule has 1 amide bonds. The van der Waals surface area contributed by atoms with Crippen LogP contribution in [0.1, 0.15) is 68.8 Å². The molecule has 1 aliphatic heterocycles. The third-order valence-corrected chi connectivity index (χ3v) is 9.19. The summed E-state index contributed by atoms with van der Waals surface area (Å²) >= 11 is 0. The van der Waals surface area contributed by atoms with Crippen molar-refractivity contribution >= 4 is 15.9 Å². The van der Waals surface area contributed by atoms with Crippen molar-refractivity contribution in [1.82, 2.24) is 19.4 Å². The number of carbonyl (C=O) groups excluding carboxylic acids is 1. The van der Waals surface area contributed by atoms with Crippen LogP contribution in [0.4, 0.5) is 0 Å². The van der Waals surface area contributed by atoms with Crippen molar-refractivity contribution in [1.29, 1.82) is 0 Å². The molecular weight excluding hydrogens is 388 g/mol. The first-order chi connectivity index (χ1) is 13.8. The van der Waals surface area contributed by atoms with Crippen molar-refractivity contribution in [3.05, 3.63) is 17.0 Å². The largest absolute Gasteiger partial charge is 0.355 e. The molecule has 0 aromatic carbocycles. The number of amides is 1. The quantitative estimate of drug-likeness (QED) is 0.762. The van der Waals surface area contributed by atoms with Crippen LogP contribution in [0.5, 0.6) is 0 Å². The highest BCUT2D eigenvalue weighted by Crippen LogP contribution is 2.50. The summed E-state index contributed by atoms with van der Waals surface area (Å²) in [6.45, 7) is 7.59. The molecule has 2 aliphatic carbocycles. The predicted molar refractivity (Wildman–Crippen MR) is 112 cm³/mol. The summed E-state index contributed by atoms with van der Waals surface area (Å²) in [5.74, 6) is 0.162. The van der Waals surface area contributed by atoms with E-state index in [-0.39, 0.29) is 23.7 Å². The maximum atomic E-state index is 13.4. The van der Waals surface area contributed by atoms with E-state index in [4.69, 9.17) is 0 Å². The van der Waals surface area contributed by atoms with Crippen LogP contribution in [-0.4, -0.2) is 52.8 Å². The Labute approximate surface area is 174 Å². The molecule has 1 N–H and O–H groups in total. The van der Waals surface area contributed by atoms with Crippen LogP contribution < -0.4 is 5.32 Å². The molecule has 8 heteroatoms. The normalized spacial score (nSPS) is 29.4. The topological polar surface area (TPSA) is 84.3 Å². The van der Waals surface area contributed by atoms with Crippen molar-refractivity contribution in [3.63, 3.8) is 0 Å². The molecule has 0 radical (unpaired) electrons. The van der Waals surface area contributed by atoms with Crippen molar-refractivity contribution in [2.45, 2.75) is 90.8 Å². The Morgan fingerprint density at radius 3 is 2.62 bits per heavy atom. The maximum absolute atomic E-state index is 13.4. The molecule has 1 saturated heterocycles. The molecular formula is C21H34N4O3S. The lowest BCUT2D eigenvalue weighted by atomic mass is 9.67. The van der Waals surface area contributed by atoms with Crippen LogP contribution in [0.2, 0.25) is 0 Å². The summed E-state index contributed by atoms with van der Waals surface area (Å²) in [6.07, 6.45) is 6.71. The van der Waals surface area contributed by atoms with Gasteiger partial charge in [0.15, 0.2) is 0 Å². The Morgan fingerprint density at radius 2 is 1.97 bits per heavy atom. The summed E-state index contributed by atoms with van der Waals surface area (Å²) in [6, 6.07) is -0.0328. The van der Waals surface area contributed by atoms with Gasteiger partial charge in [-0.1, -0.05) is 12.8 Å². The second-order valence-corrected chi connectivity index (χ2v) is 11.0. The molecule has 3 fully saturated rings. The molecule has 7 nitrogen and oxygen atoms in total. The van der Waals surface area contributed by atoms with E-state index in [0.29, 0.717) is 13.0 Å². The zero-order valence-corrected chi connectivity index (χ0v) is 18.7. The molecule has 3 aliphatic rings. The average molecular weight is 423 g/mol. The number of nitrogens with zero attached hydrogens (tertiary/aromatic N) is 3. The van der Waals surface area contributed by atoms with Gasteiger partial charge in [0, 0.05) is 30.9 Å². The maximum Gasteiger partial charge on any atom is 0.227 e. The third-order valence-electron chi connectivity index (χ3n) is 7.27. The van der Waals surface area contributed by atoms with Crippen LogP contribution >= 0.6 is 0 Å². The standard InChI is InChI=1S/C21H34N4O3S/c1-4-24-16(3)18(15(2)23-24)10-13-22-20(26)21-11-6-5-7-19(21)25(17-8-9-17)29(27,28)14-12-21/h17,19H,4-14H2,1-3H3,(H,22,26)/t19-,21-/m1/s1. The van der Waals surface area contributed by atoms with Crippen LogP contribution in [0, 0.1) is 19.3 Å². The number of hydrogen-bond donors (Lipinski definition) is 1. The Kier molecular flexibility index (Phi) is 5.53. The average Bonchev–Trinajstić information content (AvgIpc) is 3.48. The first-order valence-electron chi connectivity index (χ1n) is 11.1. The van der Waals surface area contributed by atoms with Crippen molar-refractivity contribution in [3.8, 4) is 0 Å². The molecule has 2 atom stereocenters. The van der Waals surface area contributed by atoms with E-state index in [2.05, 4.69) is 24.3 Å². The lowest BCUT2D eigenvalue weighted by Gasteiger charge is -2.51. The third kappa shape index (κ3) is 3.63. The van der Waals surface area contributed by atoms with E-state index < -0.39 is 15.4 Å². The molecule has 29 heavy (non-hydrogen) atoms. The number of hydrogen-bond acceptors (Lipinski definition) is 4. The van der Waals surface area contributed by atoms with Gasteiger partial charge >= 0.3 is 0 Å². The highest BCUT2D eigenvalue weighted by Gasteiger charge is 2.58. The first-order valence-corrected chi connectivity index (χ1v) is 12.7. The Morgan fingerprint density at radius 1 is 1.21 bits per heavy atom. The number of carbonyl (C=O) groups is 1. The molecule has 2 heterocycles. The van der Waals surface area contributed by atoms with Crippen molar-refractivity contribution in [2.75, 3.05) is 12.3 Å². The summed E-state index contributed by atoms with van der Waals surface area (Å²) in [4.78, 5) is 13.4. The van der Waals surface area contributed by atoms with E-state index in [1.807, 2.05) is 11.6 Å². The zero-order chi connectivity index (χ0) is 20.8. The Balaban J connectivity index is 1.49. The van der Waals surface area contributed by atoms with Gasteiger partial charge in [-0.25, -0.2) is 8.42 Å². The van der Waals surface area contributed by atoms with E-state index in [0.717, 1.165) is 62.9 Å². The predicted octanol–water partition coefficient (Wildman–Crippen LogP) is 2.31.